The molecule has 1 saturated heterocycles. The van der Waals surface area contributed by atoms with E-state index in [1.165, 1.54) is 6.07 Å². The van der Waals surface area contributed by atoms with Crippen LogP contribution in [0.1, 0.15) is 31.7 Å². The maximum Gasteiger partial charge on any atom is 0.233 e. The van der Waals surface area contributed by atoms with Gasteiger partial charge in [-0.3, -0.25) is 14.3 Å². The van der Waals surface area contributed by atoms with Crippen LogP contribution < -0.4 is 10.2 Å². The summed E-state index contributed by atoms with van der Waals surface area (Å²) in [6.07, 6.45) is 6.70. The van der Waals surface area contributed by atoms with E-state index in [1.807, 2.05) is 44.4 Å². The van der Waals surface area contributed by atoms with E-state index >= 15 is 0 Å². The van der Waals surface area contributed by atoms with Gasteiger partial charge in [0.2, 0.25) is 17.8 Å². The molecule has 8 heteroatoms. The number of carbonyl (C=O) groups excluding carboxylic acids is 2. The molecule has 7 nitrogen and oxygen atoms in total. The van der Waals surface area contributed by atoms with Gasteiger partial charge in [-0.05, 0) is 36.3 Å². The number of amides is 2. The van der Waals surface area contributed by atoms with E-state index in [0.29, 0.717) is 18.2 Å². The Hall–Kier alpha value is -3.55. The molecule has 3 aromatic rings. The molecule has 0 unspecified atom stereocenters. The molecule has 0 radical (unpaired) electrons. The average Bonchev–Trinajstić information content (AvgIpc) is 3.47. The minimum atomic E-state index is -0.728. The number of benzene rings is 1. The Kier molecular flexibility index (Phi) is 5.23. The number of anilines is 2. The number of nitrogens with one attached hydrogen (secondary N) is 1. The Morgan fingerprint density at radius 1 is 1.24 bits per heavy atom. The number of aromatic nitrogens is 3. The quantitative estimate of drug-likeness (QED) is 0.580. The first-order valence-corrected chi connectivity index (χ1v) is 11.2. The highest BCUT2D eigenvalue weighted by Gasteiger charge is 2.52. The summed E-state index contributed by atoms with van der Waals surface area (Å²) in [5, 5.41) is 6.87. The number of pyridine rings is 1. The predicted octanol–water partition coefficient (Wildman–Crippen LogP) is 3.96. The van der Waals surface area contributed by atoms with E-state index in [4.69, 9.17) is 0 Å². The largest absolute Gasteiger partial charge is 0.312 e. The van der Waals surface area contributed by atoms with E-state index in [0.717, 1.165) is 36.0 Å². The molecule has 0 spiro atoms. The smallest absolute Gasteiger partial charge is 0.233 e. The van der Waals surface area contributed by atoms with Crippen LogP contribution in [-0.2, 0) is 23.1 Å². The van der Waals surface area contributed by atoms with Crippen molar-refractivity contribution in [2.45, 2.75) is 32.6 Å². The molecule has 2 amide bonds. The summed E-state index contributed by atoms with van der Waals surface area (Å²) in [5.41, 5.74) is 2.81. The lowest BCUT2D eigenvalue weighted by Gasteiger charge is -2.23. The molecule has 0 bridgehead atoms. The first-order chi connectivity index (χ1) is 15.8. The number of nitrogens with zero attached hydrogens (tertiary/aromatic N) is 4. The molecule has 2 aromatic heterocycles. The second kappa shape index (κ2) is 8.10. The third-order valence-corrected chi connectivity index (χ3v) is 6.75. The van der Waals surface area contributed by atoms with Gasteiger partial charge in [0.05, 0.1) is 23.7 Å². The van der Waals surface area contributed by atoms with Gasteiger partial charge in [0.15, 0.2) is 0 Å². The molecule has 33 heavy (non-hydrogen) atoms. The summed E-state index contributed by atoms with van der Waals surface area (Å²) in [7, 11) is 1.85. The standard InChI is InChI=1S/C25H26FN5O2/c1-25(19-6-7-19)8-9-31(24(25)33)20-12-21(26)28-22(13-20)29-23(32)11-16-4-3-5-17(10-16)18-14-27-30(2)15-18/h3-5,10,12-15,19H,6-9,11H2,1-2H3,(H,28,29,32)/t25-/m0/s1. The van der Waals surface area contributed by atoms with Crippen molar-refractivity contribution in [2.24, 2.45) is 18.4 Å². The van der Waals surface area contributed by atoms with Crippen LogP contribution in [0.3, 0.4) is 0 Å². The van der Waals surface area contributed by atoms with E-state index in [9.17, 15) is 14.0 Å². The molecule has 1 aliphatic carbocycles. The van der Waals surface area contributed by atoms with Gasteiger partial charge in [-0.25, -0.2) is 4.98 Å². The highest BCUT2D eigenvalue weighted by molar-refractivity contribution is 6.00. The first-order valence-electron chi connectivity index (χ1n) is 11.2. The average molecular weight is 448 g/mol. The molecule has 2 aliphatic rings. The minimum Gasteiger partial charge on any atom is -0.312 e. The SMILES string of the molecule is Cn1cc(-c2cccc(CC(=O)Nc3cc(N4CC[C@@](C)(C5CC5)C4=O)cc(F)n3)c2)cn1. The molecule has 1 aliphatic heterocycles. The molecular weight excluding hydrogens is 421 g/mol. The third-order valence-electron chi connectivity index (χ3n) is 6.75. The normalized spacial score (nSPS) is 20.3. The summed E-state index contributed by atoms with van der Waals surface area (Å²) in [6.45, 7) is 2.55. The molecule has 1 atom stereocenters. The van der Waals surface area contributed by atoms with Crippen molar-refractivity contribution in [3.05, 3.63) is 60.3 Å². The Morgan fingerprint density at radius 2 is 2.06 bits per heavy atom. The van der Waals surface area contributed by atoms with Gasteiger partial charge in [0.1, 0.15) is 5.82 Å². The fourth-order valence-electron chi connectivity index (χ4n) is 4.71. The van der Waals surface area contributed by atoms with Crippen LogP contribution >= 0.6 is 0 Å². The van der Waals surface area contributed by atoms with Crippen molar-refractivity contribution < 1.29 is 14.0 Å². The zero-order valence-corrected chi connectivity index (χ0v) is 18.7. The topological polar surface area (TPSA) is 80.1 Å². The minimum absolute atomic E-state index is 0.0279. The number of hydrogen-bond donors (Lipinski definition) is 1. The lowest BCUT2D eigenvalue weighted by Crippen LogP contribution is -2.34. The zero-order chi connectivity index (χ0) is 23.2. The number of hydrogen-bond acceptors (Lipinski definition) is 4. The van der Waals surface area contributed by atoms with Crippen molar-refractivity contribution in [1.29, 1.82) is 0 Å². The maximum absolute atomic E-state index is 14.3. The number of rotatable bonds is 6. The van der Waals surface area contributed by atoms with Crippen molar-refractivity contribution in [1.82, 2.24) is 14.8 Å². The number of carbonyl (C=O) groups is 2. The monoisotopic (exact) mass is 447 g/mol. The highest BCUT2D eigenvalue weighted by Crippen LogP contribution is 2.52. The fraction of sp³-hybridized carbons (Fsp3) is 0.360. The highest BCUT2D eigenvalue weighted by atomic mass is 19.1. The predicted molar refractivity (Wildman–Crippen MR) is 123 cm³/mol. The summed E-state index contributed by atoms with van der Waals surface area (Å²) in [6, 6.07) is 10.5. The van der Waals surface area contributed by atoms with Crippen LogP contribution in [0.5, 0.6) is 0 Å². The lowest BCUT2D eigenvalue weighted by molar-refractivity contribution is -0.125. The molecule has 1 saturated carbocycles. The van der Waals surface area contributed by atoms with Gasteiger partial charge in [0.25, 0.3) is 0 Å². The van der Waals surface area contributed by atoms with Crippen LogP contribution in [-0.4, -0.2) is 33.1 Å². The van der Waals surface area contributed by atoms with Gasteiger partial charge in [-0.15, -0.1) is 0 Å². The second-order valence-electron chi connectivity index (χ2n) is 9.26. The van der Waals surface area contributed by atoms with Gasteiger partial charge < -0.3 is 10.2 Å². The summed E-state index contributed by atoms with van der Waals surface area (Å²) >= 11 is 0. The zero-order valence-electron chi connectivity index (χ0n) is 18.7. The third kappa shape index (κ3) is 4.25. The van der Waals surface area contributed by atoms with Crippen LogP contribution in [0.4, 0.5) is 15.9 Å². The van der Waals surface area contributed by atoms with Crippen LogP contribution in [0, 0.1) is 17.3 Å². The molecule has 1 N–H and O–H groups in total. The van der Waals surface area contributed by atoms with E-state index in [2.05, 4.69) is 15.4 Å². The van der Waals surface area contributed by atoms with Crippen LogP contribution in [0.2, 0.25) is 0 Å². The molecule has 5 rings (SSSR count). The maximum atomic E-state index is 14.3. The summed E-state index contributed by atoms with van der Waals surface area (Å²) in [5.74, 6) is -0.484. The number of halogens is 1. The molecule has 2 fully saturated rings. The second-order valence-corrected chi connectivity index (χ2v) is 9.26. The fourth-order valence-corrected chi connectivity index (χ4v) is 4.71. The summed E-state index contributed by atoms with van der Waals surface area (Å²) < 4.78 is 16.0. The van der Waals surface area contributed by atoms with E-state index in [1.54, 1.807) is 21.8 Å². The number of aryl methyl sites for hydroxylation is 1. The van der Waals surface area contributed by atoms with Gasteiger partial charge in [0, 0.05) is 37.5 Å². The Morgan fingerprint density at radius 3 is 2.79 bits per heavy atom. The van der Waals surface area contributed by atoms with E-state index < -0.39 is 5.95 Å². The molecule has 3 heterocycles. The van der Waals surface area contributed by atoms with Crippen LogP contribution in [0.25, 0.3) is 11.1 Å². The Labute approximate surface area is 191 Å². The molecular formula is C25H26FN5O2. The van der Waals surface area contributed by atoms with Crippen molar-refractivity contribution in [3.63, 3.8) is 0 Å². The van der Waals surface area contributed by atoms with Gasteiger partial charge >= 0.3 is 0 Å². The van der Waals surface area contributed by atoms with Crippen LogP contribution in [0.15, 0.2) is 48.8 Å². The van der Waals surface area contributed by atoms with Crippen molar-refractivity contribution >= 4 is 23.3 Å². The van der Waals surface area contributed by atoms with Crippen molar-refractivity contribution in [3.8, 4) is 11.1 Å². The first kappa shape index (κ1) is 21.3. The summed E-state index contributed by atoms with van der Waals surface area (Å²) in [4.78, 5) is 31.1. The molecule has 1 aromatic carbocycles. The Balaban J connectivity index is 1.29. The van der Waals surface area contributed by atoms with Crippen molar-refractivity contribution in [2.75, 3.05) is 16.8 Å². The van der Waals surface area contributed by atoms with Gasteiger partial charge in [-0.1, -0.05) is 31.2 Å². The molecule has 170 valence electrons. The Bertz CT molecular complexity index is 1240. The van der Waals surface area contributed by atoms with Gasteiger partial charge in [-0.2, -0.15) is 9.49 Å². The van der Waals surface area contributed by atoms with E-state index in [-0.39, 0.29) is 29.5 Å². The lowest BCUT2D eigenvalue weighted by atomic mass is 9.83.